The second-order valence-corrected chi connectivity index (χ2v) is 8.23. The number of methoxy groups -OCH3 is 1. The number of aliphatic hydroxyl groups excluding tert-OH is 1. The van der Waals surface area contributed by atoms with Crippen molar-refractivity contribution in [3.8, 4) is 0 Å². The number of ether oxygens (including phenoxy) is 1. The molecule has 0 radical (unpaired) electrons. The van der Waals surface area contributed by atoms with E-state index in [0.717, 1.165) is 12.8 Å². The van der Waals surface area contributed by atoms with E-state index in [1.54, 1.807) is 0 Å². The molecule has 0 rings (SSSR count). The summed E-state index contributed by atoms with van der Waals surface area (Å²) >= 11 is 0. The summed E-state index contributed by atoms with van der Waals surface area (Å²) in [5.74, 6) is -0.315. The molecule has 1 atom stereocenters. The Labute approximate surface area is 169 Å². The summed E-state index contributed by atoms with van der Waals surface area (Å²) in [5, 5.41) is 9.68. The number of aliphatic hydroxyl groups is 1. The van der Waals surface area contributed by atoms with E-state index in [0.29, 0.717) is 6.42 Å². The Morgan fingerprint density at radius 2 is 1.00 bits per heavy atom. The van der Waals surface area contributed by atoms with Crippen LogP contribution in [0.3, 0.4) is 0 Å². The van der Waals surface area contributed by atoms with Crippen molar-refractivity contribution in [2.24, 2.45) is 0 Å². The fourth-order valence-corrected chi connectivity index (χ4v) is 3.66. The van der Waals surface area contributed by atoms with Crippen molar-refractivity contribution >= 4 is 5.97 Å². The Kier molecular flexibility index (Phi) is 21.3. The van der Waals surface area contributed by atoms with E-state index < -0.39 is 6.10 Å². The summed E-state index contributed by atoms with van der Waals surface area (Å²) < 4.78 is 4.56. The standard InChI is InChI=1S/C24H48O3/c1-3-4-5-6-7-8-9-10-11-12-13-14-15-16-17-18-19-20-21-23(25)22-24(26)27-2/h23,25H,3-22H2,1-2H3. The van der Waals surface area contributed by atoms with E-state index >= 15 is 0 Å². The van der Waals surface area contributed by atoms with Crippen LogP contribution in [0.4, 0.5) is 0 Å². The lowest BCUT2D eigenvalue weighted by Gasteiger charge is -2.08. The third kappa shape index (κ3) is 21.6. The van der Waals surface area contributed by atoms with Crippen molar-refractivity contribution in [3.05, 3.63) is 0 Å². The molecule has 0 aliphatic carbocycles. The monoisotopic (exact) mass is 384 g/mol. The van der Waals surface area contributed by atoms with Crippen LogP contribution < -0.4 is 0 Å². The lowest BCUT2D eigenvalue weighted by Crippen LogP contribution is -2.14. The first-order valence-corrected chi connectivity index (χ1v) is 12.0. The fourth-order valence-electron chi connectivity index (χ4n) is 3.66. The van der Waals surface area contributed by atoms with Crippen LogP contribution in [0.15, 0.2) is 0 Å². The van der Waals surface area contributed by atoms with E-state index in [4.69, 9.17) is 0 Å². The summed E-state index contributed by atoms with van der Waals surface area (Å²) in [6.45, 7) is 2.28. The maximum absolute atomic E-state index is 11.0. The molecule has 3 nitrogen and oxygen atoms in total. The van der Waals surface area contributed by atoms with Crippen molar-refractivity contribution < 1.29 is 14.6 Å². The van der Waals surface area contributed by atoms with Gasteiger partial charge in [0.25, 0.3) is 0 Å². The molecule has 3 heteroatoms. The van der Waals surface area contributed by atoms with Gasteiger partial charge in [-0.2, -0.15) is 0 Å². The highest BCUT2D eigenvalue weighted by atomic mass is 16.5. The first-order valence-electron chi connectivity index (χ1n) is 12.0. The maximum Gasteiger partial charge on any atom is 0.308 e. The highest BCUT2D eigenvalue weighted by Crippen LogP contribution is 2.15. The predicted molar refractivity (Wildman–Crippen MR) is 116 cm³/mol. The Hall–Kier alpha value is -0.570. The molecule has 0 aliphatic heterocycles. The zero-order valence-electron chi connectivity index (χ0n) is 18.5. The maximum atomic E-state index is 11.0. The molecule has 27 heavy (non-hydrogen) atoms. The largest absolute Gasteiger partial charge is 0.469 e. The minimum absolute atomic E-state index is 0.134. The van der Waals surface area contributed by atoms with Crippen LogP contribution >= 0.6 is 0 Å². The van der Waals surface area contributed by atoms with Crippen LogP contribution in [0.1, 0.15) is 135 Å². The molecule has 0 amide bonds. The summed E-state index contributed by atoms with van der Waals surface area (Å²) in [5.41, 5.74) is 0. The van der Waals surface area contributed by atoms with Crippen molar-refractivity contribution in [2.75, 3.05) is 7.11 Å². The van der Waals surface area contributed by atoms with Crippen LogP contribution in [0.5, 0.6) is 0 Å². The van der Waals surface area contributed by atoms with Crippen molar-refractivity contribution in [1.82, 2.24) is 0 Å². The van der Waals surface area contributed by atoms with E-state index in [9.17, 15) is 9.90 Å². The summed E-state index contributed by atoms with van der Waals surface area (Å²) in [4.78, 5) is 11.0. The second-order valence-electron chi connectivity index (χ2n) is 8.23. The number of hydrogen-bond donors (Lipinski definition) is 1. The van der Waals surface area contributed by atoms with Gasteiger partial charge in [0, 0.05) is 0 Å². The predicted octanol–water partition coefficient (Wildman–Crippen LogP) is 7.34. The molecule has 1 N–H and O–H groups in total. The fraction of sp³-hybridized carbons (Fsp3) is 0.958. The number of carbonyl (C=O) groups excluding carboxylic acids is 1. The van der Waals surface area contributed by atoms with E-state index in [2.05, 4.69) is 11.7 Å². The van der Waals surface area contributed by atoms with Crippen LogP contribution in [0.25, 0.3) is 0 Å². The van der Waals surface area contributed by atoms with Gasteiger partial charge in [0.1, 0.15) is 0 Å². The molecule has 1 unspecified atom stereocenters. The molecule has 0 bridgehead atoms. The quantitative estimate of drug-likeness (QED) is 0.166. The number of unbranched alkanes of at least 4 members (excludes halogenated alkanes) is 17. The minimum atomic E-state index is -0.529. The van der Waals surface area contributed by atoms with Gasteiger partial charge in [-0.25, -0.2) is 0 Å². The van der Waals surface area contributed by atoms with Crippen molar-refractivity contribution in [2.45, 2.75) is 141 Å². The molecular weight excluding hydrogens is 336 g/mol. The Balaban J connectivity index is 3.10. The van der Waals surface area contributed by atoms with Crippen LogP contribution in [0, 0.1) is 0 Å². The molecule has 0 saturated carbocycles. The molecule has 0 aromatic rings. The molecule has 0 aliphatic rings. The van der Waals surface area contributed by atoms with Gasteiger partial charge in [0.15, 0.2) is 0 Å². The van der Waals surface area contributed by atoms with Crippen LogP contribution in [-0.4, -0.2) is 24.3 Å². The summed E-state index contributed by atoms with van der Waals surface area (Å²) in [6.07, 6.45) is 24.9. The number of rotatable bonds is 21. The van der Waals surface area contributed by atoms with Gasteiger partial charge < -0.3 is 9.84 Å². The molecule has 0 saturated heterocycles. The number of hydrogen-bond acceptors (Lipinski definition) is 3. The summed E-state index contributed by atoms with van der Waals surface area (Å²) in [7, 11) is 1.37. The highest BCUT2D eigenvalue weighted by Gasteiger charge is 2.10. The Bertz CT molecular complexity index is 304. The van der Waals surface area contributed by atoms with Gasteiger partial charge in [-0.05, 0) is 6.42 Å². The first kappa shape index (κ1) is 26.4. The lowest BCUT2D eigenvalue weighted by atomic mass is 10.0. The van der Waals surface area contributed by atoms with Crippen LogP contribution in [0.2, 0.25) is 0 Å². The number of carbonyl (C=O) groups is 1. The molecule has 0 aromatic carbocycles. The lowest BCUT2D eigenvalue weighted by molar-refractivity contribution is -0.142. The molecule has 162 valence electrons. The minimum Gasteiger partial charge on any atom is -0.469 e. The van der Waals surface area contributed by atoms with Crippen molar-refractivity contribution in [1.29, 1.82) is 0 Å². The smallest absolute Gasteiger partial charge is 0.308 e. The van der Waals surface area contributed by atoms with E-state index in [-0.39, 0.29) is 12.4 Å². The average Bonchev–Trinajstić information content (AvgIpc) is 2.66. The molecule has 0 heterocycles. The van der Waals surface area contributed by atoms with Crippen LogP contribution in [-0.2, 0) is 9.53 Å². The average molecular weight is 385 g/mol. The number of esters is 1. The SMILES string of the molecule is CCCCCCCCCCCCCCCCCCCCC(O)CC(=O)OC. The third-order valence-electron chi connectivity index (χ3n) is 5.52. The zero-order chi connectivity index (χ0) is 20.0. The molecule has 0 aromatic heterocycles. The van der Waals surface area contributed by atoms with E-state index in [1.807, 2.05) is 0 Å². The normalized spacial score (nSPS) is 12.3. The van der Waals surface area contributed by atoms with Gasteiger partial charge in [0.2, 0.25) is 0 Å². The molecule has 0 fully saturated rings. The van der Waals surface area contributed by atoms with E-state index in [1.165, 1.54) is 110 Å². The van der Waals surface area contributed by atoms with Gasteiger partial charge in [-0.15, -0.1) is 0 Å². The molecule has 0 spiro atoms. The van der Waals surface area contributed by atoms with Crippen molar-refractivity contribution in [3.63, 3.8) is 0 Å². The third-order valence-corrected chi connectivity index (χ3v) is 5.52. The summed E-state index contributed by atoms with van der Waals surface area (Å²) in [6, 6.07) is 0. The second kappa shape index (κ2) is 21.7. The molecular formula is C24H48O3. The van der Waals surface area contributed by atoms with Gasteiger partial charge in [-0.3, -0.25) is 4.79 Å². The Morgan fingerprint density at radius 3 is 1.33 bits per heavy atom. The van der Waals surface area contributed by atoms with Gasteiger partial charge in [0.05, 0.1) is 19.6 Å². The topological polar surface area (TPSA) is 46.5 Å². The Morgan fingerprint density at radius 1 is 0.667 bits per heavy atom. The van der Waals surface area contributed by atoms with Gasteiger partial charge in [-0.1, -0.05) is 122 Å². The first-order chi connectivity index (χ1) is 13.2. The zero-order valence-corrected chi connectivity index (χ0v) is 18.5. The highest BCUT2D eigenvalue weighted by molar-refractivity contribution is 5.69. The van der Waals surface area contributed by atoms with Gasteiger partial charge >= 0.3 is 5.97 Å².